The number of fused-ring (bicyclic) bond motifs is 1. The van der Waals surface area contributed by atoms with Crippen molar-refractivity contribution >= 4 is 29.2 Å². The van der Waals surface area contributed by atoms with Gasteiger partial charge >= 0.3 is 5.97 Å². The fourth-order valence-corrected chi connectivity index (χ4v) is 2.11. The summed E-state index contributed by atoms with van der Waals surface area (Å²) in [5.74, 6) is 0.0315. The lowest BCUT2D eigenvalue weighted by Crippen LogP contribution is -2.30. The Bertz CT molecular complexity index is 779. The van der Waals surface area contributed by atoms with Crippen molar-refractivity contribution in [3.8, 4) is 11.5 Å². The number of anilines is 1. The summed E-state index contributed by atoms with van der Waals surface area (Å²) < 4.78 is 15.5. The zero-order valence-corrected chi connectivity index (χ0v) is 13.4. The van der Waals surface area contributed by atoms with Gasteiger partial charge in [0.1, 0.15) is 5.15 Å². The fourth-order valence-electron chi connectivity index (χ4n) is 2.00. The molecular weight excluding hydrogens is 336 g/mol. The van der Waals surface area contributed by atoms with E-state index < -0.39 is 18.0 Å². The lowest BCUT2D eigenvalue weighted by Gasteiger charge is -2.13. The standard InChI is InChI=1S/C16H13ClN2O5/c1-9(24-16(21)10-2-5-14(17)18-7-10)15(20)19-11-3-4-12-13(6-11)23-8-22-12/h2-7,9H,8H2,1H3,(H,19,20)/t9-/m1/s1. The van der Waals surface area contributed by atoms with Crippen LogP contribution in [0.3, 0.4) is 0 Å². The van der Waals surface area contributed by atoms with Gasteiger partial charge in [0.15, 0.2) is 17.6 Å². The van der Waals surface area contributed by atoms with Gasteiger partial charge in [0.05, 0.1) is 5.56 Å². The number of carbonyl (C=O) groups excluding carboxylic acids is 2. The summed E-state index contributed by atoms with van der Waals surface area (Å²) in [6.45, 7) is 1.62. The van der Waals surface area contributed by atoms with Gasteiger partial charge < -0.3 is 19.5 Å². The highest BCUT2D eigenvalue weighted by Gasteiger charge is 2.20. The number of rotatable bonds is 4. The maximum Gasteiger partial charge on any atom is 0.340 e. The molecule has 0 bridgehead atoms. The van der Waals surface area contributed by atoms with Crippen LogP contribution in [0.1, 0.15) is 17.3 Å². The van der Waals surface area contributed by atoms with Crippen LogP contribution in [0.4, 0.5) is 5.69 Å². The molecule has 1 amide bonds. The molecule has 0 saturated carbocycles. The predicted molar refractivity (Wildman–Crippen MR) is 85.3 cm³/mol. The van der Waals surface area contributed by atoms with E-state index in [-0.39, 0.29) is 17.5 Å². The van der Waals surface area contributed by atoms with Crippen LogP contribution in [0.5, 0.6) is 11.5 Å². The summed E-state index contributed by atoms with van der Waals surface area (Å²) in [5.41, 5.74) is 0.724. The average Bonchev–Trinajstić information content (AvgIpc) is 3.03. The molecule has 0 fully saturated rings. The van der Waals surface area contributed by atoms with E-state index in [4.69, 9.17) is 25.8 Å². The summed E-state index contributed by atoms with van der Waals surface area (Å²) >= 11 is 5.66. The van der Waals surface area contributed by atoms with Crippen LogP contribution in [0.25, 0.3) is 0 Å². The summed E-state index contributed by atoms with van der Waals surface area (Å²) in [6, 6.07) is 7.94. The second-order valence-corrected chi connectivity index (χ2v) is 5.36. The number of esters is 1. The molecule has 0 aliphatic carbocycles. The minimum atomic E-state index is -0.987. The Balaban J connectivity index is 1.60. The van der Waals surface area contributed by atoms with Gasteiger partial charge in [-0.05, 0) is 31.2 Å². The number of hydrogen-bond donors (Lipinski definition) is 1. The van der Waals surface area contributed by atoms with Gasteiger partial charge in [-0.25, -0.2) is 9.78 Å². The van der Waals surface area contributed by atoms with E-state index in [1.165, 1.54) is 25.3 Å². The Hall–Kier alpha value is -2.80. The van der Waals surface area contributed by atoms with Crippen LogP contribution < -0.4 is 14.8 Å². The van der Waals surface area contributed by atoms with Crippen molar-refractivity contribution in [2.24, 2.45) is 0 Å². The molecule has 1 aromatic carbocycles. The molecule has 24 heavy (non-hydrogen) atoms. The van der Waals surface area contributed by atoms with Crippen molar-refractivity contribution in [3.63, 3.8) is 0 Å². The van der Waals surface area contributed by atoms with Gasteiger partial charge in [-0.3, -0.25) is 4.79 Å². The monoisotopic (exact) mass is 348 g/mol. The molecule has 124 valence electrons. The molecule has 7 nitrogen and oxygen atoms in total. The van der Waals surface area contributed by atoms with Crippen molar-refractivity contribution in [2.75, 3.05) is 12.1 Å². The molecule has 0 spiro atoms. The number of pyridine rings is 1. The first kappa shape index (κ1) is 16.1. The Morgan fingerprint density at radius 2 is 2.04 bits per heavy atom. The summed E-state index contributed by atoms with van der Waals surface area (Å²) in [5, 5.41) is 2.91. The smallest absolute Gasteiger partial charge is 0.340 e. The molecule has 2 heterocycles. The predicted octanol–water partition coefficient (Wildman–Crippen LogP) is 2.65. The lowest BCUT2D eigenvalue weighted by molar-refractivity contribution is -0.123. The summed E-state index contributed by atoms with van der Waals surface area (Å²) in [6.07, 6.45) is 0.297. The fraction of sp³-hybridized carbons (Fsp3) is 0.188. The topological polar surface area (TPSA) is 86.8 Å². The van der Waals surface area contributed by atoms with Crippen LogP contribution in [0.2, 0.25) is 5.15 Å². The maximum absolute atomic E-state index is 12.1. The maximum atomic E-state index is 12.1. The summed E-state index contributed by atoms with van der Waals surface area (Å²) in [4.78, 5) is 27.9. The third-order valence-corrected chi connectivity index (χ3v) is 3.48. The minimum Gasteiger partial charge on any atom is -0.454 e. The number of halogens is 1. The number of nitrogens with one attached hydrogen (secondary N) is 1. The highest BCUT2D eigenvalue weighted by molar-refractivity contribution is 6.29. The van der Waals surface area contributed by atoms with Gasteiger partial charge in [0.2, 0.25) is 6.79 Å². The third-order valence-electron chi connectivity index (χ3n) is 3.26. The average molecular weight is 349 g/mol. The molecule has 0 saturated heterocycles. The van der Waals surface area contributed by atoms with Crippen molar-refractivity contribution in [3.05, 3.63) is 47.2 Å². The first-order valence-electron chi connectivity index (χ1n) is 7.06. The molecule has 1 aliphatic heterocycles. The highest BCUT2D eigenvalue weighted by Crippen LogP contribution is 2.34. The Morgan fingerprint density at radius 1 is 1.25 bits per heavy atom. The Kier molecular flexibility index (Phi) is 4.52. The van der Waals surface area contributed by atoms with E-state index in [0.717, 1.165) is 0 Å². The number of aromatic nitrogens is 1. The highest BCUT2D eigenvalue weighted by atomic mass is 35.5. The van der Waals surface area contributed by atoms with Crippen LogP contribution >= 0.6 is 11.6 Å². The Labute approximate surface area is 142 Å². The van der Waals surface area contributed by atoms with E-state index in [2.05, 4.69) is 10.3 Å². The van der Waals surface area contributed by atoms with E-state index in [0.29, 0.717) is 17.2 Å². The lowest BCUT2D eigenvalue weighted by atomic mass is 10.2. The molecule has 1 aliphatic rings. The first-order valence-corrected chi connectivity index (χ1v) is 7.44. The molecule has 1 N–H and O–H groups in total. The van der Waals surface area contributed by atoms with Gasteiger partial charge in [0, 0.05) is 18.0 Å². The van der Waals surface area contributed by atoms with Crippen LogP contribution in [-0.2, 0) is 9.53 Å². The molecule has 1 aromatic heterocycles. The van der Waals surface area contributed by atoms with Crippen molar-refractivity contribution in [1.82, 2.24) is 4.98 Å². The molecule has 2 aromatic rings. The molecule has 0 unspecified atom stereocenters. The largest absolute Gasteiger partial charge is 0.454 e. The van der Waals surface area contributed by atoms with E-state index >= 15 is 0 Å². The molecular formula is C16H13ClN2O5. The number of nitrogens with zero attached hydrogens (tertiary/aromatic N) is 1. The van der Waals surface area contributed by atoms with Crippen LogP contribution in [-0.4, -0.2) is 29.8 Å². The van der Waals surface area contributed by atoms with Gasteiger partial charge in [-0.2, -0.15) is 0 Å². The van der Waals surface area contributed by atoms with Crippen LogP contribution in [0, 0.1) is 0 Å². The molecule has 1 atom stereocenters. The van der Waals surface area contributed by atoms with Gasteiger partial charge in [-0.1, -0.05) is 11.6 Å². The minimum absolute atomic E-state index is 0.149. The second-order valence-electron chi connectivity index (χ2n) is 4.97. The summed E-state index contributed by atoms with van der Waals surface area (Å²) in [7, 11) is 0. The van der Waals surface area contributed by atoms with E-state index in [9.17, 15) is 9.59 Å². The number of amides is 1. The van der Waals surface area contributed by atoms with E-state index in [1.54, 1.807) is 18.2 Å². The van der Waals surface area contributed by atoms with Crippen molar-refractivity contribution in [1.29, 1.82) is 0 Å². The molecule has 0 radical (unpaired) electrons. The normalized spacial score (nSPS) is 13.2. The quantitative estimate of drug-likeness (QED) is 0.675. The SMILES string of the molecule is C[C@@H](OC(=O)c1ccc(Cl)nc1)C(=O)Nc1ccc2c(c1)OCO2. The van der Waals surface area contributed by atoms with Crippen LogP contribution in [0.15, 0.2) is 36.5 Å². The van der Waals surface area contributed by atoms with Gasteiger partial charge in [0.25, 0.3) is 5.91 Å². The number of hydrogen-bond acceptors (Lipinski definition) is 6. The zero-order chi connectivity index (χ0) is 17.1. The number of carbonyl (C=O) groups is 2. The third kappa shape index (κ3) is 3.57. The number of ether oxygens (including phenoxy) is 3. The Morgan fingerprint density at radius 3 is 2.79 bits per heavy atom. The first-order chi connectivity index (χ1) is 11.5. The number of benzene rings is 1. The molecule has 3 rings (SSSR count). The van der Waals surface area contributed by atoms with Gasteiger partial charge in [-0.15, -0.1) is 0 Å². The van der Waals surface area contributed by atoms with E-state index in [1.807, 2.05) is 0 Å². The molecule has 8 heteroatoms. The van der Waals surface area contributed by atoms with Crippen molar-refractivity contribution < 1.29 is 23.8 Å². The van der Waals surface area contributed by atoms with Crippen molar-refractivity contribution in [2.45, 2.75) is 13.0 Å². The zero-order valence-electron chi connectivity index (χ0n) is 12.6. The second kappa shape index (κ2) is 6.76.